The summed E-state index contributed by atoms with van der Waals surface area (Å²) in [5, 5.41) is 0. The Bertz CT molecular complexity index is 338. The molecule has 2 nitrogen and oxygen atoms in total. The van der Waals surface area contributed by atoms with Gasteiger partial charge in [-0.25, -0.2) is 0 Å². The molecule has 7 fully saturated rings. The predicted octanol–water partition coefficient (Wildman–Crippen LogP) is 1.34. The van der Waals surface area contributed by atoms with Crippen molar-refractivity contribution in [2.45, 2.75) is 43.7 Å². The number of nitrogens with two attached hydrogens (primary N) is 2. The first kappa shape index (κ1) is 8.93. The zero-order valence-electron chi connectivity index (χ0n) is 9.81. The summed E-state index contributed by atoms with van der Waals surface area (Å²) in [6, 6.07) is 0.533. The normalized spacial score (nSPS) is 73.9. The lowest BCUT2D eigenvalue weighted by Gasteiger charge is -2.74. The van der Waals surface area contributed by atoms with E-state index in [1.807, 2.05) is 0 Å². The van der Waals surface area contributed by atoms with Crippen LogP contribution in [0.25, 0.3) is 0 Å². The Morgan fingerprint density at radius 1 is 0.938 bits per heavy atom. The lowest BCUT2D eigenvalue weighted by molar-refractivity contribution is -0.222. The average Bonchev–Trinajstić information content (AvgIpc) is 2.25. The first-order valence-corrected chi connectivity index (χ1v) is 7.23. The topological polar surface area (TPSA) is 52.0 Å². The summed E-state index contributed by atoms with van der Waals surface area (Å²) in [4.78, 5) is 0. The highest BCUT2D eigenvalue weighted by Crippen LogP contribution is 2.71. The molecule has 88 valence electrons. The Hall–Kier alpha value is -0.0800. The monoisotopic (exact) mass is 218 g/mol. The van der Waals surface area contributed by atoms with Crippen molar-refractivity contribution >= 4 is 0 Å². The minimum absolute atomic E-state index is 0.254. The van der Waals surface area contributed by atoms with Gasteiger partial charge in [-0.2, -0.15) is 0 Å². The van der Waals surface area contributed by atoms with Gasteiger partial charge in [0.05, 0.1) is 0 Å². The number of hydrogen-bond donors (Lipinski definition) is 2. The maximum atomic E-state index is 6.86. The molecule has 0 amide bonds. The van der Waals surface area contributed by atoms with Crippen molar-refractivity contribution in [3.8, 4) is 0 Å². The predicted molar refractivity (Wildman–Crippen MR) is 62.4 cm³/mol. The van der Waals surface area contributed by atoms with Crippen LogP contribution in [0.3, 0.4) is 0 Å². The van der Waals surface area contributed by atoms with Crippen molar-refractivity contribution in [2.75, 3.05) is 0 Å². The Balaban J connectivity index is 1.72. The van der Waals surface area contributed by atoms with Crippen LogP contribution in [0.1, 0.15) is 32.1 Å². The summed E-state index contributed by atoms with van der Waals surface area (Å²) in [7, 11) is 0. The van der Waals surface area contributed by atoms with Crippen LogP contribution in [0.4, 0.5) is 0 Å². The fourth-order valence-electron chi connectivity index (χ4n) is 7.14. The van der Waals surface area contributed by atoms with Crippen LogP contribution < -0.4 is 11.5 Å². The summed E-state index contributed by atoms with van der Waals surface area (Å²) in [5.74, 6) is 6.22. The molecule has 0 spiro atoms. The van der Waals surface area contributed by atoms with Crippen molar-refractivity contribution in [3.05, 3.63) is 0 Å². The van der Waals surface area contributed by atoms with E-state index in [4.69, 9.17) is 11.5 Å². The van der Waals surface area contributed by atoms with Crippen LogP contribution in [-0.4, -0.2) is 11.6 Å². The van der Waals surface area contributed by atoms with Crippen molar-refractivity contribution < 1.29 is 0 Å². The summed E-state index contributed by atoms with van der Waals surface area (Å²) in [5.41, 5.74) is 13.6. The number of hydrogen-bond acceptors (Lipinski definition) is 2. The van der Waals surface area contributed by atoms with Gasteiger partial charge >= 0.3 is 0 Å². The van der Waals surface area contributed by atoms with Crippen LogP contribution >= 0.6 is 0 Å². The van der Waals surface area contributed by atoms with E-state index in [-0.39, 0.29) is 5.54 Å². The molecule has 0 heterocycles. The minimum atomic E-state index is 0.254. The van der Waals surface area contributed by atoms with Gasteiger partial charge in [0.15, 0.2) is 0 Å². The second-order valence-electron chi connectivity index (χ2n) is 7.58. The molecule has 8 bridgehead atoms. The lowest BCUT2D eigenvalue weighted by Crippen LogP contribution is -2.78. The van der Waals surface area contributed by atoms with Gasteiger partial charge in [-0.1, -0.05) is 0 Å². The molecule has 0 aromatic rings. The molecular weight excluding hydrogens is 196 g/mol. The third kappa shape index (κ3) is 0.717. The van der Waals surface area contributed by atoms with E-state index < -0.39 is 0 Å². The quantitative estimate of drug-likeness (QED) is 0.645. The smallest absolute Gasteiger partial charge is 0.0219 e. The first-order valence-electron chi connectivity index (χ1n) is 7.23. The zero-order chi connectivity index (χ0) is 10.7. The second-order valence-corrected chi connectivity index (χ2v) is 7.58. The standard InChI is InChI=1S/C14H22N2/c15-13-7-3-10-8-1-6-2-9(12(8)13)11(4-7)14(10,16)5-6/h6-13H,1-5,15-16H2. The van der Waals surface area contributed by atoms with Crippen LogP contribution in [0.2, 0.25) is 0 Å². The fourth-order valence-corrected chi connectivity index (χ4v) is 7.14. The van der Waals surface area contributed by atoms with E-state index in [2.05, 4.69) is 0 Å². The van der Waals surface area contributed by atoms with Crippen molar-refractivity contribution in [1.29, 1.82) is 0 Å². The Labute approximate surface area is 97.1 Å². The minimum Gasteiger partial charge on any atom is -0.327 e. The molecule has 0 radical (unpaired) electrons. The first-order chi connectivity index (χ1) is 7.68. The van der Waals surface area contributed by atoms with E-state index in [0.717, 1.165) is 41.4 Å². The van der Waals surface area contributed by atoms with Gasteiger partial charge in [-0.3, -0.25) is 0 Å². The maximum Gasteiger partial charge on any atom is 0.0219 e. The average molecular weight is 218 g/mol. The van der Waals surface area contributed by atoms with E-state index in [1.54, 1.807) is 0 Å². The molecule has 2 heteroatoms. The fraction of sp³-hybridized carbons (Fsp3) is 1.00. The maximum absolute atomic E-state index is 6.86. The largest absolute Gasteiger partial charge is 0.327 e. The summed E-state index contributed by atoms with van der Waals surface area (Å²) in [6.07, 6.45) is 7.03. The van der Waals surface area contributed by atoms with E-state index in [0.29, 0.717) is 6.04 Å². The van der Waals surface area contributed by atoms with Crippen molar-refractivity contribution in [3.63, 3.8) is 0 Å². The highest BCUT2D eigenvalue weighted by atomic mass is 14.9. The van der Waals surface area contributed by atoms with Crippen LogP contribution in [0.15, 0.2) is 0 Å². The van der Waals surface area contributed by atoms with E-state index >= 15 is 0 Å². The Morgan fingerprint density at radius 2 is 1.56 bits per heavy atom. The molecule has 7 saturated carbocycles. The van der Waals surface area contributed by atoms with Crippen molar-refractivity contribution in [2.24, 2.45) is 52.9 Å². The molecule has 0 aromatic heterocycles. The molecule has 5 atom stereocenters. The summed E-state index contributed by atoms with van der Waals surface area (Å²) < 4.78 is 0. The summed E-state index contributed by atoms with van der Waals surface area (Å²) >= 11 is 0. The Kier molecular flexibility index (Phi) is 1.32. The molecule has 16 heavy (non-hydrogen) atoms. The molecular formula is C14H22N2. The SMILES string of the molecule is NC1C2CC3C4CC5CC(C14)C(C2)C3(N)C5. The van der Waals surface area contributed by atoms with Gasteiger partial charge in [0.25, 0.3) is 0 Å². The van der Waals surface area contributed by atoms with Gasteiger partial charge in [0, 0.05) is 11.6 Å². The van der Waals surface area contributed by atoms with Gasteiger partial charge < -0.3 is 11.5 Å². The van der Waals surface area contributed by atoms with E-state index in [9.17, 15) is 0 Å². The van der Waals surface area contributed by atoms with Gasteiger partial charge in [0.1, 0.15) is 0 Å². The lowest BCUT2D eigenvalue weighted by atomic mass is 9.32. The molecule has 4 N–H and O–H groups in total. The van der Waals surface area contributed by atoms with Crippen LogP contribution in [-0.2, 0) is 0 Å². The number of rotatable bonds is 0. The molecule has 0 aliphatic heterocycles. The van der Waals surface area contributed by atoms with Gasteiger partial charge in [0.2, 0.25) is 0 Å². The molecule has 5 unspecified atom stereocenters. The van der Waals surface area contributed by atoms with Crippen LogP contribution in [0, 0.1) is 41.4 Å². The third-order valence-electron chi connectivity index (χ3n) is 7.36. The molecule has 7 aliphatic rings. The molecule has 0 saturated heterocycles. The highest BCUT2D eigenvalue weighted by molar-refractivity contribution is 5.23. The highest BCUT2D eigenvalue weighted by Gasteiger charge is 2.70. The molecule has 7 aliphatic carbocycles. The van der Waals surface area contributed by atoms with Crippen molar-refractivity contribution in [1.82, 2.24) is 0 Å². The summed E-state index contributed by atoms with van der Waals surface area (Å²) in [6.45, 7) is 0. The van der Waals surface area contributed by atoms with E-state index in [1.165, 1.54) is 32.1 Å². The van der Waals surface area contributed by atoms with Gasteiger partial charge in [-0.15, -0.1) is 0 Å². The molecule has 0 aromatic carbocycles. The molecule has 7 rings (SSSR count). The van der Waals surface area contributed by atoms with Gasteiger partial charge in [-0.05, 0) is 73.5 Å². The third-order valence-corrected chi connectivity index (χ3v) is 7.36. The second kappa shape index (κ2) is 2.37. The Morgan fingerprint density at radius 3 is 2.19 bits per heavy atom. The zero-order valence-corrected chi connectivity index (χ0v) is 9.81. The van der Waals surface area contributed by atoms with Crippen LogP contribution in [0.5, 0.6) is 0 Å².